The van der Waals surface area contributed by atoms with Crippen molar-refractivity contribution in [1.82, 2.24) is 20.1 Å². The van der Waals surface area contributed by atoms with E-state index in [4.69, 9.17) is 57.7 Å². The monoisotopic (exact) mass is 818 g/mol. The minimum absolute atomic E-state index is 0.0773. The number of likely N-dealkylation sites (tertiary alicyclic amines) is 2. The molecule has 2 aliphatic heterocycles. The molecule has 4 N–H and O–H groups in total. The van der Waals surface area contributed by atoms with Crippen molar-refractivity contribution in [3.05, 3.63) is 80.8 Å². The normalized spacial score (nSPS) is 19.7. The van der Waals surface area contributed by atoms with Gasteiger partial charge in [0.25, 0.3) is 0 Å². The standard InChI is InChI=1S/C21H28ClN3S.C13H14Cl2O.C7H15N3S/c22-18-8-6-17(7-9-18)21(10-2-3-11-21)19-16-26-20(24-19)23-12-15-25-13-4-1-5-14-25;14-9-12(16)13(7-1-2-8-13)10-3-5-11(15)6-4-10;8-7(11)9-6-10-4-2-1-3-5-10/h6-9,16H,1-5,10-15H2,(H,23,24);3-6H,1-2,7-9H2;1-6H2,(H3,8,9,11). The Bertz CT molecular complexity index is 1550. The summed E-state index contributed by atoms with van der Waals surface area (Å²) in [7, 11) is 0. The number of thiazole rings is 1. The Morgan fingerprint density at radius 3 is 1.85 bits per heavy atom. The van der Waals surface area contributed by atoms with Crippen molar-refractivity contribution in [3.63, 3.8) is 0 Å². The van der Waals surface area contributed by atoms with Crippen molar-refractivity contribution in [2.75, 3.05) is 57.1 Å². The van der Waals surface area contributed by atoms with Crippen LogP contribution in [0.2, 0.25) is 10.0 Å². The third-order valence-electron chi connectivity index (χ3n) is 11.4. The number of nitrogens with one attached hydrogen (secondary N) is 2. The maximum Gasteiger partial charge on any atom is 0.182 e. The van der Waals surface area contributed by atoms with Gasteiger partial charge in [0, 0.05) is 33.9 Å². The number of alkyl halides is 1. The van der Waals surface area contributed by atoms with E-state index in [1.807, 2.05) is 36.4 Å². The van der Waals surface area contributed by atoms with Gasteiger partial charge in [-0.25, -0.2) is 4.98 Å². The molecule has 1 aromatic heterocycles. The van der Waals surface area contributed by atoms with Crippen molar-refractivity contribution in [1.29, 1.82) is 0 Å². The molecule has 4 fully saturated rings. The summed E-state index contributed by atoms with van der Waals surface area (Å²) in [6.07, 6.45) is 17.0. The zero-order valence-corrected chi connectivity index (χ0v) is 34.9. The fourth-order valence-corrected chi connectivity index (χ4v) is 9.84. The van der Waals surface area contributed by atoms with Gasteiger partial charge in [-0.05, 0) is 125 Å². The molecule has 4 aliphatic rings. The summed E-state index contributed by atoms with van der Waals surface area (Å²) in [4.78, 5) is 22.0. The van der Waals surface area contributed by atoms with E-state index >= 15 is 0 Å². The van der Waals surface area contributed by atoms with Crippen LogP contribution in [0, 0.1) is 0 Å². The van der Waals surface area contributed by atoms with E-state index in [2.05, 4.69) is 37.9 Å². The number of carbonyl (C=O) groups excluding carboxylic acids is 1. The number of anilines is 1. The lowest BCUT2D eigenvalue weighted by molar-refractivity contribution is -0.122. The molecule has 12 heteroatoms. The molecule has 290 valence electrons. The number of Topliss-reactive ketones (excluding diaryl/α,β-unsaturated/α-hetero) is 1. The zero-order chi connectivity index (χ0) is 37.5. The van der Waals surface area contributed by atoms with Crippen LogP contribution in [0.3, 0.4) is 0 Å². The molecule has 0 bridgehead atoms. The highest BCUT2D eigenvalue weighted by Crippen LogP contribution is 2.47. The van der Waals surface area contributed by atoms with Crippen LogP contribution in [0.5, 0.6) is 0 Å². The maximum atomic E-state index is 12.1. The van der Waals surface area contributed by atoms with Crippen molar-refractivity contribution >= 4 is 74.4 Å². The summed E-state index contributed by atoms with van der Waals surface area (Å²) in [6.45, 7) is 7.79. The highest BCUT2D eigenvalue weighted by molar-refractivity contribution is 7.80. The van der Waals surface area contributed by atoms with E-state index < -0.39 is 0 Å². The largest absolute Gasteiger partial charge is 0.376 e. The summed E-state index contributed by atoms with van der Waals surface area (Å²) in [6, 6.07) is 16.0. The molecule has 2 saturated heterocycles. The Morgan fingerprint density at radius 1 is 0.774 bits per heavy atom. The SMILES string of the molecule is Clc1ccc(C2(c3csc(NCCN4CCCCC4)n3)CCCC2)cc1.NC(=S)NCN1CCCCC1.O=C(CCl)C1(c2ccc(Cl)cc2)CCCC1. The summed E-state index contributed by atoms with van der Waals surface area (Å²) in [5, 5.41) is 11.8. The van der Waals surface area contributed by atoms with Crippen LogP contribution >= 0.6 is 58.4 Å². The van der Waals surface area contributed by atoms with Crippen molar-refractivity contribution < 1.29 is 4.79 Å². The summed E-state index contributed by atoms with van der Waals surface area (Å²) < 4.78 is 0. The highest BCUT2D eigenvalue weighted by atomic mass is 35.5. The van der Waals surface area contributed by atoms with E-state index in [1.54, 1.807) is 11.3 Å². The van der Waals surface area contributed by atoms with Gasteiger partial charge in [-0.15, -0.1) is 22.9 Å². The van der Waals surface area contributed by atoms with Crippen molar-refractivity contribution in [2.24, 2.45) is 5.73 Å². The van der Waals surface area contributed by atoms with Crippen LogP contribution < -0.4 is 16.4 Å². The van der Waals surface area contributed by atoms with E-state index in [1.165, 1.54) is 102 Å². The first kappa shape index (κ1) is 42.2. The molecule has 0 spiro atoms. The average Bonchev–Trinajstić information content (AvgIpc) is 3.99. The van der Waals surface area contributed by atoms with Gasteiger partial charge in [0.2, 0.25) is 0 Å². The summed E-state index contributed by atoms with van der Waals surface area (Å²) in [5.74, 6) is 0.247. The van der Waals surface area contributed by atoms with Gasteiger partial charge < -0.3 is 21.3 Å². The van der Waals surface area contributed by atoms with Crippen LogP contribution in [0.1, 0.15) is 107 Å². The number of halogens is 3. The van der Waals surface area contributed by atoms with Gasteiger partial charge in [-0.1, -0.05) is 86.0 Å². The number of benzene rings is 2. The number of carbonyl (C=O) groups is 1. The second-order valence-corrected chi connectivity index (χ2v) is 17.3. The molecule has 2 saturated carbocycles. The minimum Gasteiger partial charge on any atom is -0.376 e. The molecule has 0 atom stereocenters. The van der Waals surface area contributed by atoms with Gasteiger partial charge in [0.15, 0.2) is 16.0 Å². The number of hydrogen-bond donors (Lipinski definition) is 3. The van der Waals surface area contributed by atoms with E-state index in [0.29, 0.717) is 10.1 Å². The minimum atomic E-state index is -0.341. The molecule has 0 unspecified atom stereocenters. The molecule has 2 aliphatic carbocycles. The Morgan fingerprint density at radius 2 is 1.30 bits per heavy atom. The number of thiocarbonyl (C=S) groups is 1. The van der Waals surface area contributed by atoms with Crippen molar-refractivity contribution in [2.45, 2.75) is 101 Å². The number of nitrogens with two attached hydrogens (primary N) is 1. The number of rotatable bonds is 11. The van der Waals surface area contributed by atoms with Crippen molar-refractivity contribution in [3.8, 4) is 0 Å². The molecule has 53 heavy (non-hydrogen) atoms. The average molecular weight is 820 g/mol. The Labute approximate surface area is 341 Å². The molecule has 7 rings (SSSR count). The maximum absolute atomic E-state index is 12.1. The summed E-state index contributed by atoms with van der Waals surface area (Å²) >= 11 is 24.2. The first-order valence-corrected chi connectivity index (χ1v) is 22.1. The van der Waals surface area contributed by atoms with Gasteiger partial charge in [-0.3, -0.25) is 9.69 Å². The third kappa shape index (κ3) is 12.0. The fraction of sp³-hybridized carbons (Fsp3) is 0.585. The smallest absolute Gasteiger partial charge is 0.182 e. The lowest BCUT2D eigenvalue weighted by atomic mass is 9.76. The van der Waals surface area contributed by atoms with E-state index in [0.717, 1.165) is 61.2 Å². The van der Waals surface area contributed by atoms with Gasteiger partial charge in [0.05, 0.1) is 23.7 Å². The first-order valence-electron chi connectivity index (χ1n) is 19.5. The number of piperidine rings is 2. The molecular formula is C41H57Cl3N6OS2. The lowest BCUT2D eigenvalue weighted by Gasteiger charge is -2.28. The molecule has 3 heterocycles. The molecule has 2 aromatic carbocycles. The Balaban J connectivity index is 0.000000171. The highest BCUT2D eigenvalue weighted by Gasteiger charge is 2.42. The van der Waals surface area contributed by atoms with Crippen LogP contribution in [-0.4, -0.2) is 77.5 Å². The lowest BCUT2D eigenvalue weighted by Crippen LogP contribution is -2.42. The third-order valence-corrected chi connectivity index (χ3v) is 13.1. The molecule has 0 amide bonds. The molecule has 0 radical (unpaired) electrons. The number of hydrogen-bond acceptors (Lipinski definition) is 7. The topological polar surface area (TPSA) is 86.5 Å². The van der Waals surface area contributed by atoms with Gasteiger partial charge >= 0.3 is 0 Å². The Kier molecular flexibility index (Phi) is 17.0. The van der Waals surface area contributed by atoms with Crippen LogP contribution in [0.25, 0.3) is 0 Å². The fourth-order valence-electron chi connectivity index (χ4n) is 8.43. The van der Waals surface area contributed by atoms with Gasteiger partial charge in [0.1, 0.15) is 0 Å². The second-order valence-electron chi connectivity index (χ2n) is 14.9. The number of aromatic nitrogens is 1. The quantitative estimate of drug-likeness (QED) is 0.130. The zero-order valence-electron chi connectivity index (χ0n) is 31.0. The van der Waals surface area contributed by atoms with E-state index in [9.17, 15) is 4.79 Å². The predicted octanol–water partition coefficient (Wildman–Crippen LogP) is 9.78. The Hall–Kier alpha value is -1.98. The second kappa shape index (κ2) is 21.4. The predicted molar refractivity (Wildman–Crippen MR) is 229 cm³/mol. The van der Waals surface area contributed by atoms with E-state index in [-0.39, 0.29) is 22.5 Å². The van der Waals surface area contributed by atoms with Crippen LogP contribution in [-0.2, 0) is 15.6 Å². The number of ketones is 1. The molecule has 7 nitrogen and oxygen atoms in total. The number of nitrogens with zero attached hydrogens (tertiary/aromatic N) is 3. The molecule has 3 aromatic rings. The first-order chi connectivity index (χ1) is 25.7. The molecular weight excluding hydrogens is 763 g/mol. The summed E-state index contributed by atoms with van der Waals surface area (Å²) in [5.41, 5.74) is 8.71. The van der Waals surface area contributed by atoms with Crippen LogP contribution in [0.15, 0.2) is 53.9 Å². The van der Waals surface area contributed by atoms with Gasteiger partial charge in [-0.2, -0.15) is 0 Å². The van der Waals surface area contributed by atoms with Crippen LogP contribution in [0.4, 0.5) is 5.13 Å².